The van der Waals surface area contributed by atoms with Crippen LogP contribution in [0.15, 0.2) is 30.3 Å². The van der Waals surface area contributed by atoms with Crippen LogP contribution < -0.4 is 0 Å². The first-order chi connectivity index (χ1) is 8.99. The molecule has 106 valence electrons. The van der Waals surface area contributed by atoms with Crippen molar-refractivity contribution in [2.75, 3.05) is 7.05 Å². The number of alkyl halides is 1. The van der Waals surface area contributed by atoms with Gasteiger partial charge in [-0.1, -0.05) is 43.7 Å². The van der Waals surface area contributed by atoms with Gasteiger partial charge in [0.25, 0.3) is 0 Å². The first kappa shape index (κ1) is 16.0. The maximum atomic E-state index is 12.1. The predicted octanol–water partition coefficient (Wildman–Crippen LogP) is 2.97. The van der Waals surface area contributed by atoms with Crippen LogP contribution in [0.5, 0.6) is 0 Å². The lowest BCUT2D eigenvalue weighted by Crippen LogP contribution is -2.42. The van der Waals surface area contributed by atoms with Gasteiger partial charge in [-0.05, 0) is 18.9 Å². The third-order valence-corrected chi connectivity index (χ3v) is 3.77. The molecule has 0 saturated heterocycles. The summed E-state index contributed by atoms with van der Waals surface area (Å²) in [5, 5.41) is 9.77. The van der Waals surface area contributed by atoms with Crippen LogP contribution in [0.1, 0.15) is 38.4 Å². The van der Waals surface area contributed by atoms with Crippen LogP contribution in [-0.2, 0) is 4.79 Å². The predicted molar refractivity (Wildman–Crippen MR) is 78.2 cm³/mol. The standard InChI is InChI=1S/C15H22ClNO2/c1-4-8-13(16)15(19)17(3)11(2)14(18)12-9-6-5-7-10-12/h5-7,9-11,13-14,18H,4,8H2,1-3H3/t11-,13?,14+/m0/s1. The highest BCUT2D eigenvalue weighted by Crippen LogP contribution is 2.21. The molecule has 1 rings (SSSR count). The second kappa shape index (κ2) is 7.51. The highest BCUT2D eigenvalue weighted by molar-refractivity contribution is 6.30. The Labute approximate surface area is 120 Å². The Hall–Kier alpha value is -1.06. The van der Waals surface area contributed by atoms with Gasteiger partial charge in [-0.15, -0.1) is 11.6 Å². The van der Waals surface area contributed by atoms with Gasteiger partial charge in [-0.3, -0.25) is 4.79 Å². The number of hydrogen-bond acceptors (Lipinski definition) is 2. The van der Waals surface area contributed by atoms with E-state index in [2.05, 4.69) is 0 Å². The fraction of sp³-hybridized carbons (Fsp3) is 0.533. The molecule has 4 heteroatoms. The van der Waals surface area contributed by atoms with E-state index in [4.69, 9.17) is 11.6 Å². The highest BCUT2D eigenvalue weighted by Gasteiger charge is 2.27. The molecule has 0 bridgehead atoms. The lowest BCUT2D eigenvalue weighted by Gasteiger charge is -2.30. The number of carbonyl (C=O) groups is 1. The fourth-order valence-corrected chi connectivity index (χ4v) is 2.31. The number of nitrogens with zero attached hydrogens (tertiary/aromatic N) is 1. The van der Waals surface area contributed by atoms with E-state index in [-0.39, 0.29) is 11.9 Å². The molecule has 0 spiro atoms. The lowest BCUT2D eigenvalue weighted by molar-refractivity contribution is -0.133. The van der Waals surface area contributed by atoms with Gasteiger partial charge >= 0.3 is 0 Å². The Morgan fingerprint density at radius 2 is 1.95 bits per heavy atom. The van der Waals surface area contributed by atoms with Crippen molar-refractivity contribution in [1.82, 2.24) is 4.90 Å². The number of carbonyl (C=O) groups excluding carboxylic acids is 1. The van der Waals surface area contributed by atoms with Crippen molar-refractivity contribution in [3.05, 3.63) is 35.9 Å². The van der Waals surface area contributed by atoms with Crippen LogP contribution >= 0.6 is 11.6 Å². The van der Waals surface area contributed by atoms with E-state index in [9.17, 15) is 9.90 Å². The summed E-state index contributed by atoms with van der Waals surface area (Å²) in [5.41, 5.74) is 0.802. The van der Waals surface area contributed by atoms with Crippen LogP contribution in [-0.4, -0.2) is 34.4 Å². The van der Waals surface area contributed by atoms with Crippen molar-refractivity contribution in [2.24, 2.45) is 0 Å². The van der Waals surface area contributed by atoms with Crippen LogP contribution in [0.4, 0.5) is 0 Å². The Kier molecular flexibility index (Phi) is 6.32. The Morgan fingerprint density at radius 3 is 2.47 bits per heavy atom. The van der Waals surface area contributed by atoms with E-state index in [1.54, 1.807) is 7.05 Å². The number of rotatable bonds is 6. The summed E-state index contributed by atoms with van der Waals surface area (Å²) in [7, 11) is 1.68. The molecule has 3 atom stereocenters. The van der Waals surface area contributed by atoms with Crippen molar-refractivity contribution >= 4 is 17.5 Å². The molecular formula is C15H22ClNO2. The smallest absolute Gasteiger partial charge is 0.240 e. The van der Waals surface area contributed by atoms with E-state index in [1.165, 1.54) is 4.90 Å². The van der Waals surface area contributed by atoms with Crippen molar-refractivity contribution in [3.63, 3.8) is 0 Å². The van der Waals surface area contributed by atoms with E-state index >= 15 is 0 Å². The fourth-order valence-electron chi connectivity index (χ4n) is 1.94. The molecule has 1 N–H and O–H groups in total. The normalized spacial score (nSPS) is 15.6. The molecule has 0 aliphatic rings. The molecule has 0 fully saturated rings. The van der Waals surface area contributed by atoms with Crippen molar-refractivity contribution in [3.8, 4) is 0 Å². The second-order valence-electron chi connectivity index (χ2n) is 4.80. The zero-order chi connectivity index (χ0) is 14.4. The molecule has 0 radical (unpaired) electrons. The largest absolute Gasteiger partial charge is 0.386 e. The van der Waals surface area contributed by atoms with Gasteiger partial charge in [0.2, 0.25) is 5.91 Å². The maximum absolute atomic E-state index is 12.1. The molecule has 1 amide bonds. The lowest BCUT2D eigenvalue weighted by atomic mass is 10.0. The molecule has 1 unspecified atom stereocenters. The van der Waals surface area contributed by atoms with E-state index in [1.807, 2.05) is 44.2 Å². The molecule has 19 heavy (non-hydrogen) atoms. The van der Waals surface area contributed by atoms with Crippen molar-refractivity contribution in [2.45, 2.75) is 44.2 Å². The van der Waals surface area contributed by atoms with Gasteiger partial charge in [0, 0.05) is 7.05 Å². The molecule has 0 aliphatic carbocycles. The average molecular weight is 284 g/mol. The first-order valence-corrected chi connectivity index (χ1v) is 7.06. The minimum absolute atomic E-state index is 0.133. The summed E-state index contributed by atoms with van der Waals surface area (Å²) in [6, 6.07) is 9.02. The summed E-state index contributed by atoms with van der Waals surface area (Å²) in [6.45, 7) is 3.82. The minimum Gasteiger partial charge on any atom is -0.386 e. The van der Waals surface area contributed by atoms with Gasteiger partial charge in [0.05, 0.1) is 12.1 Å². The number of aliphatic hydroxyl groups is 1. The number of likely N-dealkylation sites (N-methyl/N-ethyl adjacent to an activating group) is 1. The Bertz CT molecular complexity index is 396. The summed E-state index contributed by atoms with van der Waals surface area (Å²) in [5.74, 6) is -0.133. The van der Waals surface area contributed by atoms with Gasteiger partial charge < -0.3 is 10.0 Å². The summed E-state index contributed by atoms with van der Waals surface area (Å²) >= 11 is 6.05. The third-order valence-electron chi connectivity index (χ3n) is 3.37. The molecule has 0 heterocycles. The van der Waals surface area contributed by atoms with Gasteiger partial charge in [-0.25, -0.2) is 0 Å². The zero-order valence-electron chi connectivity index (χ0n) is 11.7. The highest BCUT2D eigenvalue weighted by atomic mass is 35.5. The Morgan fingerprint density at radius 1 is 1.37 bits per heavy atom. The average Bonchev–Trinajstić information content (AvgIpc) is 2.45. The monoisotopic (exact) mass is 283 g/mol. The molecule has 0 aromatic heterocycles. The third kappa shape index (κ3) is 4.22. The molecule has 0 aliphatic heterocycles. The molecule has 1 aromatic carbocycles. The number of amides is 1. The SMILES string of the molecule is CCCC(Cl)C(=O)N(C)[C@@H](C)[C@@H](O)c1ccccc1. The van der Waals surface area contributed by atoms with Gasteiger partial charge in [0.15, 0.2) is 0 Å². The molecule has 3 nitrogen and oxygen atoms in total. The minimum atomic E-state index is -0.708. The maximum Gasteiger partial charge on any atom is 0.240 e. The first-order valence-electron chi connectivity index (χ1n) is 6.62. The molecule has 1 aromatic rings. The van der Waals surface area contributed by atoms with Crippen LogP contribution in [0, 0.1) is 0 Å². The summed E-state index contributed by atoms with van der Waals surface area (Å²) < 4.78 is 0. The van der Waals surface area contributed by atoms with Crippen LogP contribution in [0.3, 0.4) is 0 Å². The van der Waals surface area contributed by atoms with Crippen LogP contribution in [0.2, 0.25) is 0 Å². The van der Waals surface area contributed by atoms with E-state index in [0.717, 1.165) is 12.0 Å². The number of halogens is 1. The summed E-state index contributed by atoms with van der Waals surface area (Å²) in [6.07, 6.45) is 0.808. The number of aliphatic hydroxyl groups excluding tert-OH is 1. The zero-order valence-corrected chi connectivity index (χ0v) is 12.5. The van der Waals surface area contributed by atoms with Gasteiger partial charge in [0.1, 0.15) is 5.38 Å². The van der Waals surface area contributed by atoms with Crippen molar-refractivity contribution in [1.29, 1.82) is 0 Å². The van der Waals surface area contributed by atoms with E-state index < -0.39 is 11.5 Å². The Balaban J connectivity index is 2.71. The van der Waals surface area contributed by atoms with Gasteiger partial charge in [-0.2, -0.15) is 0 Å². The second-order valence-corrected chi connectivity index (χ2v) is 5.33. The summed E-state index contributed by atoms with van der Waals surface area (Å²) in [4.78, 5) is 13.6. The van der Waals surface area contributed by atoms with E-state index in [0.29, 0.717) is 6.42 Å². The quantitative estimate of drug-likeness (QED) is 0.816. The van der Waals surface area contributed by atoms with Crippen molar-refractivity contribution < 1.29 is 9.90 Å². The molecule has 0 saturated carbocycles. The number of benzene rings is 1. The molecular weight excluding hydrogens is 262 g/mol. The van der Waals surface area contributed by atoms with Crippen LogP contribution in [0.25, 0.3) is 0 Å². The topological polar surface area (TPSA) is 40.5 Å². The number of hydrogen-bond donors (Lipinski definition) is 1.